The van der Waals surface area contributed by atoms with Crippen molar-refractivity contribution in [1.29, 1.82) is 0 Å². The molecule has 3 nitrogen and oxygen atoms in total. The predicted octanol–water partition coefficient (Wildman–Crippen LogP) is 2.54. The van der Waals surface area contributed by atoms with Crippen molar-refractivity contribution in [3.63, 3.8) is 0 Å². The Morgan fingerprint density at radius 3 is 2.68 bits per heavy atom. The number of aliphatic hydroxyl groups is 1. The van der Waals surface area contributed by atoms with E-state index in [1.54, 1.807) is 16.7 Å². The Hall–Kier alpha value is -1.00. The summed E-state index contributed by atoms with van der Waals surface area (Å²) >= 11 is 1.68. The molecule has 0 radical (unpaired) electrons. The number of rotatable bonds is 9. The molecule has 1 N–H and O–H groups in total. The molecule has 0 heterocycles. The molecule has 0 aromatic heterocycles. The van der Waals surface area contributed by atoms with Gasteiger partial charge in [0.15, 0.2) is 0 Å². The van der Waals surface area contributed by atoms with Crippen molar-refractivity contribution in [2.45, 2.75) is 26.3 Å². The lowest BCUT2D eigenvalue weighted by Gasteiger charge is -2.21. The van der Waals surface area contributed by atoms with Crippen LogP contribution >= 0.6 is 11.8 Å². The Morgan fingerprint density at radius 2 is 2.05 bits per heavy atom. The topological polar surface area (TPSA) is 40.5 Å². The van der Waals surface area contributed by atoms with Crippen molar-refractivity contribution >= 4 is 17.7 Å². The monoisotopic (exact) mass is 281 g/mol. The van der Waals surface area contributed by atoms with Crippen LogP contribution in [-0.2, 0) is 11.3 Å². The third-order valence-corrected chi connectivity index (χ3v) is 3.84. The summed E-state index contributed by atoms with van der Waals surface area (Å²) in [5, 5.41) is 9.07. The smallest absolute Gasteiger partial charge is 0.232 e. The van der Waals surface area contributed by atoms with Gasteiger partial charge in [-0.1, -0.05) is 43.7 Å². The summed E-state index contributed by atoms with van der Waals surface area (Å²) in [7, 11) is 0. The van der Waals surface area contributed by atoms with Crippen LogP contribution in [0.5, 0.6) is 0 Å². The normalized spacial score (nSPS) is 10.4. The van der Waals surface area contributed by atoms with Crippen molar-refractivity contribution in [2.24, 2.45) is 0 Å². The molecular formula is C15H23NO2S. The minimum Gasteiger partial charge on any atom is -0.395 e. The molecule has 0 unspecified atom stereocenters. The zero-order valence-corrected chi connectivity index (χ0v) is 12.4. The highest BCUT2D eigenvalue weighted by molar-refractivity contribution is 7.99. The lowest BCUT2D eigenvalue weighted by Crippen LogP contribution is -2.34. The fourth-order valence-corrected chi connectivity index (χ4v) is 2.71. The van der Waals surface area contributed by atoms with Crippen LogP contribution in [0, 0.1) is 0 Å². The molecule has 0 aliphatic heterocycles. The van der Waals surface area contributed by atoms with Gasteiger partial charge in [-0.2, -0.15) is 11.8 Å². The Balaban J connectivity index is 2.44. The van der Waals surface area contributed by atoms with Gasteiger partial charge in [-0.3, -0.25) is 4.79 Å². The summed E-state index contributed by atoms with van der Waals surface area (Å²) in [4.78, 5) is 13.8. The summed E-state index contributed by atoms with van der Waals surface area (Å²) in [6.07, 6.45) is 2.31. The Labute approximate surface area is 120 Å². The van der Waals surface area contributed by atoms with E-state index in [0.29, 0.717) is 18.8 Å². The molecular weight excluding hydrogens is 258 g/mol. The molecule has 0 aliphatic carbocycles. The molecule has 4 heteroatoms. The van der Waals surface area contributed by atoms with E-state index in [1.807, 2.05) is 30.3 Å². The predicted molar refractivity (Wildman–Crippen MR) is 81.2 cm³/mol. The van der Waals surface area contributed by atoms with Crippen molar-refractivity contribution < 1.29 is 9.90 Å². The van der Waals surface area contributed by atoms with Crippen molar-refractivity contribution in [3.8, 4) is 0 Å². The fraction of sp³-hybridized carbons (Fsp3) is 0.533. The van der Waals surface area contributed by atoms with Gasteiger partial charge in [0.25, 0.3) is 0 Å². The standard InChI is InChI=1S/C15H23NO2S/c1-2-3-11-19-13-15(18)16(9-10-17)12-14-7-5-4-6-8-14/h4-8,17H,2-3,9-13H2,1H3. The summed E-state index contributed by atoms with van der Waals surface area (Å²) < 4.78 is 0. The zero-order valence-electron chi connectivity index (χ0n) is 11.5. The number of carbonyl (C=O) groups is 1. The van der Waals surface area contributed by atoms with Gasteiger partial charge >= 0.3 is 0 Å². The Morgan fingerprint density at radius 1 is 1.32 bits per heavy atom. The van der Waals surface area contributed by atoms with E-state index in [2.05, 4.69) is 6.92 Å². The van der Waals surface area contributed by atoms with E-state index >= 15 is 0 Å². The summed E-state index contributed by atoms with van der Waals surface area (Å²) in [5.74, 6) is 1.65. The van der Waals surface area contributed by atoms with Crippen LogP contribution < -0.4 is 0 Å². The van der Waals surface area contributed by atoms with Crippen LogP contribution in [0.2, 0.25) is 0 Å². The van der Waals surface area contributed by atoms with Crippen LogP contribution in [0.1, 0.15) is 25.3 Å². The second kappa shape index (κ2) is 9.87. The van der Waals surface area contributed by atoms with Gasteiger partial charge in [-0.05, 0) is 17.7 Å². The molecule has 0 saturated heterocycles. The molecule has 0 spiro atoms. The maximum Gasteiger partial charge on any atom is 0.232 e. The van der Waals surface area contributed by atoms with Crippen molar-refractivity contribution in [3.05, 3.63) is 35.9 Å². The van der Waals surface area contributed by atoms with Crippen LogP contribution in [0.25, 0.3) is 0 Å². The van der Waals surface area contributed by atoms with Gasteiger partial charge in [-0.25, -0.2) is 0 Å². The number of amides is 1. The minimum atomic E-state index is 0.0121. The van der Waals surface area contributed by atoms with Crippen molar-refractivity contribution in [2.75, 3.05) is 24.7 Å². The minimum absolute atomic E-state index is 0.0121. The first-order valence-corrected chi connectivity index (χ1v) is 7.93. The SMILES string of the molecule is CCCCSCC(=O)N(CCO)Cc1ccccc1. The first kappa shape index (κ1) is 16.1. The molecule has 1 aromatic carbocycles. The van der Waals surface area contributed by atoms with E-state index < -0.39 is 0 Å². The molecule has 0 saturated carbocycles. The van der Waals surface area contributed by atoms with Crippen molar-refractivity contribution in [1.82, 2.24) is 4.90 Å². The van der Waals surface area contributed by atoms with Crippen LogP contribution in [0.4, 0.5) is 0 Å². The highest BCUT2D eigenvalue weighted by Crippen LogP contribution is 2.09. The number of carbonyl (C=O) groups excluding carboxylic acids is 1. The van der Waals surface area contributed by atoms with Gasteiger partial charge in [0, 0.05) is 13.1 Å². The average molecular weight is 281 g/mol. The van der Waals surface area contributed by atoms with E-state index in [4.69, 9.17) is 5.11 Å². The lowest BCUT2D eigenvalue weighted by molar-refractivity contribution is -0.129. The van der Waals surface area contributed by atoms with E-state index in [9.17, 15) is 4.79 Å². The number of nitrogens with zero attached hydrogens (tertiary/aromatic N) is 1. The average Bonchev–Trinajstić information content (AvgIpc) is 2.44. The van der Waals surface area contributed by atoms with E-state index in [1.165, 1.54) is 0 Å². The molecule has 0 aliphatic rings. The van der Waals surface area contributed by atoms with Gasteiger partial charge in [0.2, 0.25) is 5.91 Å². The second-order valence-electron chi connectivity index (χ2n) is 4.43. The van der Waals surface area contributed by atoms with E-state index in [0.717, 1.165) is 24.2 Å². The Kier molecular flexibility index (Phi) is 8.34. The van der Waals surface area contributed by atoms with Gasteiger partial charge in [0.1, 0.15) is 0 Å². The molecule has 1 rings (SSSR count). The summed E-state index contributed by atoms with van der Waals surface area (Å²) in [6.45, 7) is 3.14. The maximum atomic E-state index is 12.1. The number of unbranched alkanes of at least 4 members (excludes halogenated alkanes) is 1. The van der Waals surface area contributed by atoms with Crippen LogP contribution in [0.15, 0.2) is 30.3 Å². The third-order valence-electron chi connectivity index (χ3n) is 2.81. The zero-order chi connectivity index (χ0) is 13.9. The highest BCUT2D eigenvalue weighted by Gasteiger charge is 2.13. The molecule has 0 bridgehead atoms. The second-order valence-corrected chi connectivity index (χ2v) is 5.54. The number of hydrogen-bond acceptors (Lipinski definition) is 3. The highest BCUT2D eigenvalue weighted by atomic mass is 32.2. The summed E-state index contributed by atoms with van der Waals surface area (Å²) in [6, 6.07) is 9.89. The molecule has 106 valence electrons. The lowest BCUT2D eigenvalue weighted by atomic mass is 10.2. The van der Waals surface area contributed by atoms with Gasteiger partial charge in [0.05, 0.1) is 12.4 Å². The number of aliphatic hydroxyl groups excluding tert-OH is 1. The largest absolute Gasteiger partial charge is 0.395 e. The van der Waals surface area contributed by atoms with Gasteiger partial charge in [-0.15, -0.1) is 0 Å². The Bertz CT molecular complexity index is 356. The van der Waals surface area contributed by atoms with E-state index in [-0.39, 0.29) is 12.5 Å². The van der Waals surface area contributed by atoms with Gasteiger partial charge < -0.3 is 10.0 Å². The number of benzene rings is 1. The number of hydrogen-bond donors (Lipinski definition) is 1. The first-order valence-electron chi connectivity index (χ1n) is 6.78. The molecule has 1 amide bonds. The van der Waals surface area contributed by atoms with Crippen LogP contribution in [-0.4, -0.2) is 40.6 Å². The summed E-state index contributed by atoms with van der Waals surface area (Å²) in [5.41, 5.74) is 1.10. The third kappa shape index (κ3) is 6.64. The first-order chi connectivity index (χ1) is 9.27. The molecule has 0 fully saturated rings. The molecule has 0 atom stereocenters. The molecule has 1 aromatic rings. The van der Waals surface area contributed by atoms with Crippen LogP contribution in [0.3, 0.4) is 0 Å². The molecule has 19 heavy (non-hydrogen) atoms. The fourth-order valence-electron chi connectivity index (χ4n) is 1.71. The number of thioether (sulfide) groups is 1. The maximum absolute atomic E-state index is 12.1. The quantitative estimate of drug-likeness (QED) is 0.707.